The van der Waals surface area contributed by atoms with Crippen molar-refractivity contribution >= 4 is 5.97 Å². The molecule has 0 fully saturated rings. The van der Waals surface area contributed by atoms with Crippen LogP contribution in [0.5, 0.6) is 0 Å². The summed E-state index contributed by atoms with van der Waals surface area (Å²) in [6, 6.07) is 0. The minimum absolute atomic E-state index is 0.0978. The molecule has 0 bridgehead atoms. The molecule has 2 unspecified atom stereocenters. The molecule has 5 nitrogen and oxygen atoms in total. The van der Waals surface area contributed by atoms with Gasteiger partial charge in [-0.05, 0) is 19.3 Å². The number of hydrogen-bond donors (Lipinski definition) is 2. The Kier molecular flexibility index (Phi) is 3.56. The van der Waals surface area contributed by atoms with Gasteiger partial charge in [-0.25, -0.2) is 4.98 Å². The van der Waals surface area contributed by atoms with Crippen LogP contribution < -0.4 is 0 Å². The number of aromatic amines is 1. The van der Waals surface area contributed by atoms with E-state index in [0.717, 1.165) is 18.7 Å². The standard InChI is InChI=1S/C12H17N3O2/c1-2-5-10-13-11(15-14-10)8-6-3-4-7-9(8)12(16)17/h3-4,8-9H,2,5-7H2,1H3,(H,16,17)(H,13,14,15). The van der Waals surface area contributed by atoms with E-state index in [1.54, 1.807) is 0 Å². The maximum absolute atomic E-state index is 11.2. The second kappa shape index (κ2) is 5.12. The number of aromatic nitrogens is 3. The zero-order valence-electron chi connectivity index (χ0n) is 9.89. The number of H-pyrrole nitrogens is 1. The van der Waals surface area contributed by atoms with E-state index in [-0.39, 0.29) is 5.92 Å². The first-order chi connectivity index (χ1) is 8.22. The zero-order chi connectivity index (χ0) is 12.3. The van der Waals surface area contributed by atoms with Crippen LogP contribution in [0.15, 0.2) is 12.2 Å². The fourth-order valence-electron chi connectivity index (χ4n) is 2.20. The second-order valence-electron chi connectivity index (χ2n) is 4.38. The van der Waals surface area contributed by atoms with Crippen LogP contribution in [0.25, 0.3) is 0 Å². The molecule has 2 rings (SSSR count). The topological polar surface area (TPSA) is 78.9 Å². The molecule has 1 aromatic rings. The van der Waals surface area contributed by atoms with Gasteiger partial charge in [0.1, 0.15) is 5.82 Å². The average molecular weight is 235 g/mol. The number of carbonyl (C=O) groups is 1. The van der Waals surface area contributed by atoms with E-state index in [1.165, 1.54) is 0 Å². The summed E-state index contributed by atoms with van der Waals surface area (Å²) in [5.41, 5.74) is 0. The third-order valence-corrected chi connectivity index (χ3v) is 3.12. The van der Waals surface area contributed by atoms with E-state index in [4.69, 9.17) is 0 Å². The second-order valence-corrected chi connectivity index (χ2v) is 4.38. The summed E-state index contributed by atoms with van der Waals surface area (Å²) in [5.74, 6) is 0.234. The fraction of sp³-hybridized carbons (Fsp3) is 0.583. The summed E-state index contributed by atoms with van der Waals surface area (Å²) >= 11 is 0. The van der Waals surface area contributed by atoms with Crippen LogP contribution in [0.2, 0.25) is 0 Å². The van der Waals surface area contributed by atoms with Gasteiger partial charge in [0.15, 0.2) is 5.82 Å². The smallest absolute Gasteiger partial charge is 0.307 e. The van der Waals surface area contributed by atoms with Crippen molar-refractivity contribution in [2.45, 2.75) is 38.5 Å². The van der Waals surface area contributed by atoms with Crippen molar-refractivity contribution in [3.8, 4) is 0 Å². The Labute approximate surface area is 100.0 Å². The summed E-state index contributed by atoms with van der Waals surface area (Å²) in [5, 5.41) is 16.2. The van der Waals surface area contributed by atoms with E-state index < -0.39 is 11.9 Å². The van der Waals surface area contributed by atoms with Crippen LogP contribution in [-0.2, 0) is 11.2 Å². The monoisotopic (exact) mass is 235 g/mol. The van der Waals surface area contributed by atoms with Gasteiger partial charge in [0.2, 0.25) is 0 Å². The Morgan fingerprint density at radius 2 is 2.29 bits per heavy atom. The van der Waals surface area contributed by atoms with Gasteiger partial charge < -0.3 is 5.11 Å². The van der Waals surface area contributed by atoms with Crippen LogP contribution in [0.4, 0.5) is 0 Å². The Morgan fingerprint density at radius 3 is 3.00 bits per heavy atom. The van der Waals surface area contributed by atoms with Crippen LogP contribution >= 0.6 is 0 Å². The van der Waals surface area contributed by atoms with Gasteiger partial charge in [0, 0.05) is 12.3 Å². The summed E-state index contributed by atoms with van der Waals surface area (Å²) < 4.78 is 0. The number of aliphatic carboxylic acids is 1. The lowest BCUT2D eigenvalue weighted by atomic mass is 9.82. The molecule has 1 aromatic heterocycles. The van der Waals surface area contributed by atoms with Gasteiger partial charge in [-0.2, -0.15) is 5.10 Å². The molecule has 0 spiro atoms. The molecule has 2 N–H and O–H groups in total. The molecule has 0 aromatic carbocycles. The Hall–Kier alpha value is -1.65. The maximum atomic E-state index is 11.2. The Bertz CT molecular complexity index is 425. The summed E-state index contributed by atoms with van der Waals surface area (Å²) in [7, 11) is 0. The molecule has 92 valence electrons. The number of carboxylic acids is 1. The van der Waals surface area contributed by atoms with Crippen molar-refractivity contribution in [2.24, 2.45) is 5.92 Å². The molecule has 0 saturated heterocycles. The summed E-state index contributed by atoms with van der Waals surface area (Å²) in [6.45, 7) is 2.07. The van der Waals surface area contributed by atoms with Gasteiger partial charge in [-0.1, -0.05) is 19.1 Å². The van der Waals surface area contributed by atoms with E-state index in [1.807, 2.05) is 12.2 Å². The van der Waals surface area contributed by atoms with Crippen LogP contribution in [0.1, 0.15) is 43.8 Å². The molecule has 0 aliphatic heterocycles. The number of rotatable bonds is 4. The van der Waals surface area contributed by atoms with E-state index >= 15 is 0 Å². The first-order valence-electron chi connectivity index (χ1n) is 6.01. The Balaban J connectivity index is 2.18. The van der Waals surface area contributed by atoms with Crippen LogP contribution in [0, 0.1) is 5.92 Å². The lowest BCUT2D eigenvalue weighted by Crippen LogP contribution is -2.24. The van der Waals surface area contributed by atoms with Gasteiger partial charge in [-0.3, -0.25) is 9.89 Å². The van der Waals surface area contributed by atoms with Crippen molar-refractivity contribution in [3.05, 3.63) is 23.8 Å². The third kappa shape index (κ3) is 2.54. The number of nitrogens with one attached hydrogen (secondary N) is 1. The van der Waals surface area contributed by atoms with Crippen LogP contribution in [-0.4, -0.2) is 26.3 Å². The lowest BCUT2D eigenvalue weighted by molar-refractivity contribution is -0.142. The molecule has 1 aliphatic rings. The largest absolute Gasteiger partial charge is 0.481 e. The van der Waals surface area contributed by atoms with Crippen molar-refractivity contribution < 1.29 is 9.90 Å². The van der Waals surface area contributed by atoms with Gasteiger partial charge in [-0.15, -0.1) is 0 Å². The average Bonchev–Trinajstić information content (AvgIpc) is 2.78. The third-order valence-electron chi connectivity index (χ3n) is 3.12. The molecule has 1 aliphatic carbocycles. The highest BCUT2D eigenvalue weighted by Gasteiger charge is 2.32. The maximum Gasteiger partial charge on any atom is 0.307 e. The van der Waals surface area contributed by atoms with Crippen molar-refractivity contribution in [2.75, 3.05) is 0 Å². The molecule has 0 amide bonds. The van der Waals surface area contributed by atoms with Gasteiger partial charge in [0.05, 0.1) is 5.92 Å². The fourth-order valence-corrected chi connectivity index (χ4v) is 2.20. The van der Waals surface area contributed by atoms with Crippen molar-refractivity contribution in [1.82, 2.24) is 15.2 Å². The van der Waals surface area contributed by atoms with Crippen molar-refractivity contribution in [3.63, 3.8) is 0 Å². The quantitative estimate of drug-likeness (QED) is 0.781. The van der Waals surface area contributed by atoms with Gasteiger partial charge in [0.25, 0.3) is 0 Å². The molecule has 0 radical (unpaired) electrons. The number of hydrogen-bond acceptors (Lipinski definition) is 3. The predicted molar refractivity (Wildman–Crippen MR) is 62.6 cm³/mol. The normalized spacial score (nSPS) is 23.8. The number of allylic oxidation sites excluding steroid dienone is 2. The number of aryl methyl sites for hydroxylation is 1. The van der Waals surface area contributed by atoms with Gasteiger partial charge >= 0.3 is 5.97 Å². The molecule has 2 atom stereocenters. The zero-order valence-corrected chi connectivity index (χ0v) is 9.89. The molecular weight excluding hydrogens is 218 g/mol. The summed E-state index contributed by atoms with van der Waals surface area (Å²) in [6.07, 6.45) is 7.07. The lowest BCUT2D eigenvalue weighted by Gasteiger charge is -2.22. The van der Waals surface area contributed by atoms with E-state index in [2.05, 4.69) is 22.1 Å². The van der Waals surface area contributed by atoms with E-state index in [0.29, 0.717) is 18.7 Å². The van der Waals surface area contributed by atoms with Crippen molar-refractivity contribution in [1.29, 1.82) is 0 Å². The first kappa shape index (κ1) is 11.8. The molecule has 0 saturated carbocycles. The number of carboxylic acid groups (broad SMARTS) is 1. The number of nitrogens with zero attached hydrogens (tertiary/aromatic N) is 2. The SMILES string of the molecule is CCCc1nc(C2CC=CCC2C(=O)O)n[nH]1. The predicted octanol–water partition coefficient (Wildman–Crippen LogP) is 1.89. The molecule has 17 heavy (non-hydrogen) atoms. The minimum Gasteiger partial charge on any atom is -0.481 e. The molecular formula is C12H17N3O2. The van der Waals surface area contributed by atoms with Crippen LogP contribution in [0.3, 0.4) is 0 Å². The Morgan fingerprint density at radius 1 is 1.53 bits per heavy atom. The van der Waals surface area contributed by atoms with E-state index in [9.17, 15) is 9.90 Å². The molecule has 5 heteroatoms. The summed E-state index contributed by atoms with van der Waals surface area (Å²) in [4.78, 5) is 15.6. The highest BCUT2D eigenvalue weighted by molar-refractivity contribution is 5.71. The first-order valence-corrected chi connectivity index (χ1v) is 6.01. The molecule has 1 heterocycles. The highest BCUT2D eigenvalue weighted by Crippen LogP contribution is 2.32. The highest BCUT2D eigenvalue weighted by atomic mass is 16.4. The minimum atomic E-state index is -0.763.